The van der Waals surface area contributed by atoms with E-state index in [0.29, 0.717) is 17.0 Å². The number of hydrogen-bond acceptors (Lipinski definition) is 3. The molecule has 1 heterocycles. The Morgan fingerprint density at radius 1 is 1.29 bits per heavy atom. The Bertz CT molecular complexity index is 865. The number of sulfonamides is 1. The minimum Gasteiger partial charge on any atom is -0.493 e. The van der Waals surface area contributed by atoms with Gasteiger partial charge in [0, 0.05) is 17.5 Å². The number of nitrogens with one attached hydrogen (secondary N) is 1. The summed E-state index contributed by atoms with van der Waals surface area (Å²) < 4.78 is 33.4. The lowest BCUT2D eigenvalue weighted by molar-refractivity contribution is 0.357. The topological polar surface area (TPSA) is 55.4 Å². The summed E-state index contributed by atoms with van der Waals surface area (Å²) in [6.45, 7) is 4.29. The highest BCUT2D eigenvalue weighted by atomic mass is 35.5. The molecule has 1 aliphatic heterocycles. The largest absolute Gasteiger partial charge is 0.493 e. The van der Waals surface area contributed by atoms with Crippen molar-refractivity contribution in [3.63, 3.8) is 0 Å². The second-order valence-corrected chi connectivity index (χ2v) is 8.22. The van der Waals surface area contributed by atoms with Gasteiger partial charge in [0.05, 0.1) is 11.5 Å². The fourth-order valence-corrected chi connectivity index (χ4v) is 4.71. The van der Waals surface area contributed by atoms with E-state index >= 15 is 0 Å². The van der Waals surface area contributed by atoms with E-state index in [1.807, 2.05) is 19.1 Å². The molecule has 0 fully saturated rings. The first-order valence-corrected chi connectivity index (χ1v) is 9.75. The van der Waals surface area contributed by atoms with Gasteiger partial charge < -0.3 is 4.74 Å². The summed E-state index contributed by atoms with van der Waals surface area (Å²) in [4.78, 5) is 0.226. The Hall–Kier alpha value is -1.56. The zero-order valence-electron chi connectivity index (χ0n) is 13.7. The van der Waals surface area contributed by atoms with Gasteiger partial charge in [-0.1, -0.05) is 29.8 Å². The average molecular weight is 366 g/mol. The molecule has 2 aromatic carbocycles. The molecule has 0 aliphatic carbocycles. The van der Waals surface area contributed by atoms with Crippen LogP contribution < -0.4 is 9.46 Å². The van der Waals surface area contributed by atoms with Crippen LogP contribution in [0.3, 0.4) is 0 Å². The minimum absolute atomic E-state index is 0.226. The van der Waals surface area contributed by atoms with Crippen LogP contribution in [0.25, 0.3) is 0 Å². The third kappa shape index (κ3) is 3.58. The predicted octanol–water partition coefficient (Wildman–Crippen LogP) is 3.49. The monoisotopic (exact) mass is 365 g/mol. The van der Waals surface area contributed by atoms with Crippen molar-refractivity contribution >= 4 is 21.6 Å². The van der Waals surface area contributed by atoms with Gasteiger partial charge in [0.15, 0.2) is 0 Å². The molecule has 0 spiro atoms. The molecule has 0 bridgehead atoms. The van der Waals surface area contributed by atoms with Gasteiger partial charge in [-0.05, 0) is 55.2 Å². The maximum Gasteiger partial charge on any atom is 0.241 e. The maximum absolute atomic E-state index is 12.6. The van der Waals surface area contributed by atoms with E-state index in [9.17, 15) is 8.42 Å². The molecule has 3 rings (SSSR count). The Balaban J connectivity index is 1.74. The van der Waals surface area contributed by atoms with Gasteiger partial charge in [0.25, 0.3) is 0 Å². The molecule has 0 saturated carbocycles. The Morgan fingerprint density at radius 2 is 2.08 bits per heavy atom. The first kappa shape index (κ1) is 17.3. The van der Waals surface area contributed by atoms with Gasteiger partial charge in [-0.2, -0.15) is 0 Å². The molecule has 0 unspecified atom stereocenters. The predicted molar refractivity (Wildman–Crippen MR) is 95.3 cm³/mol. The van der Waals surface area contributed by atoms with E-state index in [2.05, 4.69) is 10.8 Å². The SMILES string of the molecule is Cc1c(Cl)cccc1S(=O)(=O)N[C@@H](C)Cc1ccc2c(c1)CCO2. The van der Waals surface area contributed by atoms with Crippen LogP contribution >= 0.6 is 11.6 Å². The summed E-state index contributed by atoms with van der Waals surface area (Å²) in [6.07, 6.45) is 1.52. The smallest absolute Gasteiger partial charge is 0.241 e. The van der Waals surface area contributed by atoms with Gasteiger partial charge in [-0.25, -0.2) is 13.1 Å². The molecule has 4 nitrogen and oxygen atoms in total. The van der Waals surface area contributed by atoms with Gasteiger partial charge in [0.1, 0.15) is 5.75 Å². The number of fused-ring (bicyclic) bond motifs is 1. The maximum atomic E-state index is 12.6. The van der Waals surface area contributed by atoms with Crippen molar-refractivity contribution in [2.75, 3.05) is 6.61 Å². The number of rotatable bonds is 5. The third-order valence-electron chi connectivity index (χ3n) is 4.16. The zero-order chi connectivity index (χ0) is 17.3. The molecule has 128 valence electrons. The lowest BCUT2D eigenvalue weighted by atomic mass is 10.0. The van der Waals surface area contributed by atoms with E-state index in [-0.39, 0.29) is 10.9 Å². The normalized spacial score (nSPS) is 15.0. The molecule has 0 radical (unpaired) electrons. The van der Waals surface area contributed by atoms with E-state index in [1.54, 1.807) is 25.1 Å². The molecule has 1 aliphatic rings. The van der Waals surface area contributed by atoms with Crippen molar-refractivity contribution in [3.8, 4) is 5.75 Å². The second-order valence-electron chi connectivity index (χ2n) is 6.13. The lowest BCUT2D eigenvalue weighted by Gasteiger charge is -2.16. The van der Waals surface area contributed by atoms with Crippen LogP contribution in [0.15, 0.2) is 41.3 Å². The molecule has 24 heavy (non-hydrogen) atoms. The summed E-state index contributed by atoms with van der Waals surface area (Å²) >= 11 is 6.04. The first-order valence-electron chi connectivity index (χ1n) is 7.89. The zero-order valence-corrected chi connectivity index (χ0v) is 15.2. The number of halogens is 1. The van der Waals surface area contributed by atoms with Crippen LogP contribution in [0, 0.1) is 6.92 Å². The Labute approximate surface area is 147 Å². The molecule has 1 atom stereocenters. The molecule has 0 saturated heterocycles. The fraction of sp³-hybridized carbons (Fsp3) is 0.333. The van der Waals surface area contributed by atoms with Crippen LogP contribution in [0.1, 0.15) is 23.6 Å². The molecular weight excluding hydrogens is 346 g/mol. The molecule has 1 N–H and O–H groups in total. The van der Waals surface area contributed by atoms with Crippen LogP contribution in [-0.2, 0) is 22.9 Å². The van der Waals surface area contributed by atoms with E-state index < -0.39 is 10.0 Å². The van der Waals surface area contributed by atoms with Crippen molar-refractivity contribution in [2.24, 2.45) is 0 Å². The van der Waals surface area contributed by atoms with Crippen molar-refractivity contribution < 1.29 is 13.2 Å². The van der Waals surface area contributed by atoms with Gasteiger partial charge in [-0.3, -0.25) is 0 Å². The molecule has 0 amide bonds. The first-order chi connectivity index (χ1) is 11.4. The van der Waals surface area contributed by atoms with Gasteiger partial charge >= 0.3 is 0 Å². The molecule has 0 aromatic heterocycles. The van der Waals surface area contributed by atoms with Crippen LogP contribution in [-0.4, -0.2) is 21.1 Å². The summed E-state index contributed by atoms with van der Waals surface area (Å²) in [7, 11) is -3.60. The highest BCUT2D eigenvalue weighted by Crippen LogP contribution is 2.27. The third-order valence-corrected chi connectivity index (χ3v) is 6.30. The highest BCUT2D eigenvalue weighted by molar-refractivity contribution is 7.89. The number of ether oxygens (including phenoxy) is 1. The highest BCUT2D eigenvalue weighted by Gasteiger charge is 2.21. The van der Waals surface area contributed by atoms with Crippen LogP contribution in [0.4, 0.5) is 0 Å². The summed E-state index contributed by atoms with van der Waals surface area (Å²) in [5, 5.41) is 0.448. The summed E-state index contributed by atoms with van der Waals surface area (Å²) in [5.74, 6) is 0.932. The lowest BCUT2D eigenvalue weighted by Crippen LogP contribution is -2.34. The van der Waals surface area contributed by atoms with Crippen LogP contribution in [0.2, 0.25) is 5.02 Å². The van der Waals surface area contributed by atoms with Gasteiger partial charge in [0.2, 0.25) is 10.0 Å². The van der Waals surface area contributed by atoms with Crippen molar-refractivity contribution in [1.82, 2.24) is 4.72 Å². The Morgan fingerprint density at radius 3 is 2.88 bits per heavy atom. The van der Waals surface area contributed by atoms with E-state index in [0.717, 1.165) is 24.3 Å². The van der Waals surface area contributed by atoms with Crippen molar-refractivity contribution in [3.05, 3.63) is 58.1 Å². The number of hydrogen-bond donors (Lipinski definition) is 1. The standard InChI is InChI=1S/C18H20ClNO3S/c1-12(10-14-6-7-17-15(11-14)8-9-23-17)20-24(21,22)18-5-3-4-16(19)13(18)2/h3-7,11-12,20H,8-10H2,1-2H3/t12-/m0/s1. The van der Waals surface area contributed by atoms with Crippen LogP contribution in [0.5, 0.6) is 5.75 Å². The molecule has 2 aromatic rings. The van der Waals surface area contributed by atoms with Crippen molar-refractivity contribution in [2.45, 2.75) is 37.6 Å². The quantitative estimate of drug-likeness (QED) is 0.882. The summed E-state index contributed by atoms with van der Waals surface area (Å²) in [5.41, 5.74) is 2.85. The minimum atomic E-state index is -3.60. The molecule has 6 heteroatoms. The average Bonchev–Trinajstić information content (AvgIpc) is 2.96. The fourth-order valence-electron chi connectivity index (χ4n) is 2.97. The molecular formula is C18H20ClNO3S. The Kier molecular flexibility index (Phi) is 4.85. The van der Waals surface area contributed by atoms with Gasteiger partial charge in [-0.15, -0.1) is 0 Å². The van der Waals surface area contributed by atoms with E-state index in [1.165, 1.54) is 5.56 Å². The number of benzene rings is 2. The van der Waals surface area contributed by atoms with E-state index in [4.69, 9.17) is 16.3 Å². The second kappa shape index (κ2) is 6.75. The van der Waals surface area contributed by atoms with Crippen molar-refractivity contribution in [1.29, 1.82) is 0 Å². The summed E-state index contributed by atoms with van der Waals surface area (Å²) in [6, 6.07) is 10.7.